The van der Waals surface area contributed by atoms with E-state index in [0.717, 1.165) is 0 Å². The third-order valence-electron chi connectivity index (χ3n) is 2.96. The van der Waals surface area contributed by atoms with Crippen LogP contribution in [0.2, 0.25) is 28.2 Å². The molecular formula is C14H32Sb2. The zero-order valence-corrected chi connectivity index (χ0v) is 17.1. The Morgan fingerprint density at radius 1 is 0.438 bits per heavy atom. The van der Waals surface area contributed by atoms with Gasteiger partial charge >= 0.3 is 120 Å². The van der Waals surface area contributed by atoms with Gasteiger partial charge in [-0.15, -0.1) is 0 Å². The zero-order chi connectivity index (χ0) is 12.2. The van der Waals surface area contributed by atoms with Crippen LogP contribution >= 0.6 is 0 Å². The second kappa shape index (κ2) is 13.1. The van der Waals surface area contributed by atoms with E-state index in [1.807, 2.05) is 0 Å². The molecule has 0 rings (SSSR count). The Hall–Kier alpha value is 1.64. The third kappa shape index (κ3) is 15.6. The van der Waals surface area contributed by atoms with Crippen molar-refractivity contribution in [3.8, 4) is 0 Å². The third-order valence-corrected chi connectivity index (χ3v) is 9.87. The summed E-state index contributed by atoms with van der Waals surface area (Å²) >= 11 is -1.24. The molecule has 0 saturated heterocycles. The predicted molar refractivity (Wildman–Crippen MR) is 81.5 cm³/mol. The van der Waals surface area contributed by atoms with Crippen LogP contribution in [0.5, 0.6) is 0 Å². The van der Waals surface area contributed by atoms with Crippen LogP contribution in [0.25, 0.3) is 0 Å². The molecular weight excluding hydrogens is 412 g/mol. The summed E-state index contributed by atoms with van der Waals surface area (Å²) in [5.41, 5.74) is 0. The van der Waals surface area contributed by atoms with Crippen molar-refractivity contribution in [3.05, 3.63) is 0 Å². The van der Waals surface area contributed by atoms with Crippen molar-refractivity contribution < 1.29 is 0 Å². The monoisotopic (exact) mass is 442 g/mol. The van der Waals surface area contributed by atoms with Crippen LogP contribution < -0.4 is 0 Å². The van der Waals surface area contributed by atoms with Gasteiger partial charge in [-0.25, -0.2) is 0 Å². The van der Waals surface area contributed by atoms with Crippen molar-refractivity contribution in [1.29, 1.82) is 0 Å². The van der Waals surface area contributed by atoms with Crippen LogP contribution in [0.3, 0.4) is 0 Å². The topological polar surface area (TPSA) is 0 Å². The summed E-state index contributed by atoms with van der Waals surface area (Å²) in [5, 5.41) is 0. The fraction of sp³-hybridized carbons (Fsp3) is 1.00. The summed E-state index contributed by atoms with van der Waals surface area (Å²) in [6.45, 7) is 0. The van der Waals surface area contributed by atoms with E-state index in [-0.39, 0.29) is 0 Å². The molecule has 0 N–H and O–H groups in total. The van der Waals surface area contributed by atoms with Gasteiger partial charge in [-0.3, -0.25) is 0 Å². The molecule has 0 saturated carbocycles. The van der Waals surface area contributed by atoms with E-state index in [9.17, 15) is 0 Å². The predicted octanol–water partition coefficient (Wildman–Crippen LogP) is 5.62. The Morgan fingerprint density at radius 3 is 0.938 bits per heavy atom. The summed E-state index contributed by atoms with van der Waals surface area (Å²) in [5.74, 6) is 0. The summed E-state index contributed by atoms with van der Waals surface area (Å²) in [7, 11) is 0. The molecule has 16 heavy (non-hydrogen) atoms. The number of hydrogen-bond acceptors (Lipinski definition) is 0. The Morgan fingerprint density at radius 2 is 0.688 bits per heavy atom. The summed E-state index contributed by atoms with van der Waals surface area (Å²) in [4.78, 5) is 10.1. The normalized spacial score (nSPS) is 11.6. The Kier molecular flexibility index (Phi) is 14.4. The number of unbranched alkanes of at least 4 members (excludes halogenated alkanes) is 7. The Balaban J connectivity index is 2.93. The van der Waals surface area contributed by atoms with Crippen LogP contribution in [0.15, 0.2) is 0 Å². The van der Waals surface area contributed by atoms with E-state index in [4.69, 9.17) is 0 Å². The van der Waals surface area contributed by atoms with Crippen molar-refractivity contribution in [2.45, 2.75) is 79.6 Å². The molecule has 0 aromatic heterocycles. The summed E-state index contributed by atoms with van der Waals surface area (Å²) in [6.07, 6.45) is 12.1. The van der Waals surface area contributed by atoms with Crippen molar-refractivity contribution in [2.24, 2.45) is 0 Å². The van der Waals surface area contributed by atoms with Gasteiger partial charge in [0.1, 0.15) is 0 Å². The first-order valence-corrected chi connectivity index (χ1v) is 20.7. The van der Waals surface area contributed by atoms with Gasteiger partial charge in [0.15, 0.2) is 0 Å². The molecule has 0 fully saturated rings. The van der Waals surface area contributed by atoms with Gasteiger partial charge < -0.3 is 0 Å². The van der Waals surface area contributed by atoms with Crippen molar-refractivity contribution in [2.75, 3.05) is 0 Å². The first kappa shape index (κ1) is 17.6. The second-order valence-corrected chi connectivity index (χ2v) is 20.3. The van der Waals surface area contributed by atoms with Gasteiger partial charge in [-0.2, -0.15) is 0 Å². The molecule has 2 heteroatoms. The van der Waals surface area contributed by atoms with E-state index in [0.29, 0.717) is 0 Å². The van der Waals surface area contributed by atoms with Crippen molar-refractivity contribution in [3.63, 3.8) is 0 Å². The Bertz CT molecular complexity index is 117. The minimum absolute atomic E-state index is 0.619. The first-order chi connectivity index (χ1) is 7.63. The molecule has 98 valence electrons. The quantitative estimate of drug-likeness (QED) is 0.287. The average Bonchev–Trinajstić information content (AvgIpc) is 2.20. The maximum absolute atomic E-state index is 2.52. The van der Waals surface area contributed by atoms with Crippen LogP contribution in [0.4, 0.5) is 0 Å². The van der Waals surface area contributed by atoms with Gasteiger partial charge in [-0.05, 0) is 0 Å². The first-order valence-electron chi connectivity index (χ1n) is 6.92. The number of hydrogen-bond donors (Lipinski definition) is 0. The molecule has 0 radical (unpaired) electrons. The molecule has 0 spiro atoms. The molecule has 0 aromatic carbocycles. The van der Waals surface area contributed by atoms with E-state index in [1.54, 1.807) is 8.73 Å². The average molecular weight is 444 g/mol. The van der Waals surface area contributed by atoms with Crippen molar-refractivity contribution in [1.82, 2.24) is 0 Å². The van der Waals surface area contributed by atoms with E-state index >= 15 is 0 Å². The SMILES string of the molecule is [CH3][Sb]([CH3])[CH2]CCCCCCCC[CH2][Sb]([CH3])[CH3]. The molecule has 0 aliphatic rings. The molecule has 0 atom stereocenters. The summed E-state index contributed by atoms with van der Waals surface area (Å²) < 4.78 is 3.23. The van der Waals surface area contributed by atoms with Crippen LogP contribution in [0, 0.1) is 0 Å². The summed E-state index contributed by atoms with van der Waals surface area (Å²) in [6, 6.07) is 0. The van der Waals surface area contributed by atoms with E-state index in [1.165, 1.54) is 51.4 Å². The molecule has 0 heterocycles. The second-order valence-electron chi connectivity index (χ2n) is 5.43. The standard InChI is InChI=1S/C10H20.4CH3.2Sb/c1-3-5-7-9-10-8-6-4-2;;;;;;/h1-10H2;4*1H3;;. The zero-order valence-electron chi connectivity index (χ0n) is 12.0. The van der Waals surface area contributed by atoms with E-state index in [2.05, 4.69) is 19.5 Å². The van der Waals surface area contributed by atoms with Gasteiger partial charge in [0.25, 0.3) is 0 Å². The van der Waals surface area contributed by atoms with Crippen molar-refractivity contribution >= 4 is 40.4 Å². The van der Waals surface area contributed by atoms with Gasteiger partial charge in [0.2, 0.25) is 0 Å². The van der Waals surface area contributed by atoms with Crippen LogP contribution in [0.1, 0.15) is 51.4 Å². The van der Waals surface area contributed by atoms with Gasteiger partial charge in [0.05, 0.1) is 0 Å². The molecule has 0 aliphatic heterocycles. The molecule has 0 bridgehead atoms. The van der Waals surface area contributed by atoms with Gasteiger partial charge in [-0.1, -0.05) is 0 Å². The molecule has 0 amide bonds. The maximum atomic E-state index is 2.52. The van der Waals surface area contributed by atoms with Gasteiger partial charge in [0, 0.05) is 0 Å². The van der Waals surface area contributed by atoms with Crippen LogP contribution in [-0.2, 0) is 0 Å². The Labute approximate surface area is 119 Å². The fourth-order valence-electron chi connectivity index (χ4n) is 1.92. The fourth-order valence-corrected chi connectivity index (χ4v) is 6.80. The molecule has 0 aliphatic carbocycles. The minimum atomic E-state index is -0.619. The number of rotatable bonds is 11. The molecule has 0 unspecified atom stereocenters. The van der Waals surface area contributed by atoms with Crippen LogP contribution in [-0.4, -0.2) is 40.4 Å². The molecule has 0 aromatic rings. The van der Waals surface area contributed by atoms with E-state index < -0.39 is 40.4 Å². The molecule has 0 nitrogen and oxygen atoms in total.